The molecule has 2 rings (SSSR count). The van der Waals surface area contributed by atoms with Crippen molar-refractivity contribution >= 4 is 17.4 Å². The van der Waals surface area contributed by atoms with Crippen LogP contribution in [0, 0.1) is 0 Å². The van der Waals surface area contributed by atoms with E-state index in [2.05, 4.69) is 5.32 Å². The number of anilines is 2. The number of nitrogens with zero attached hydrogens (tertiary/aromatic N) is 1. The maximum atomic E-state index is 11.0. The van der Waals surface area contributed by atoms with Gasteiger partial charge in [0.05, 0.1) is 0 Å². The van der Waals surface area contributed by atoms with Gasteiger partial charge in [0.15, 0.2) is 0 Å². The van der Waals surface area contributed by atoms with Crippen LogP contribution in [-0.4, -0.2) is 13.1 Å². The molecule has 3 heteroatoms. The van der Waals surface area contributed by atoms with E-state index in [0.29, 0.717) is 0 Å². The summed E-state index contributed by atoms with van der Waals surface area (Å²) in [5, 5.41) is 2.73. The van der Waals surface area contributed by atoms with Crippen LogP contribution in [0.4, 0.5) is 16.2 Å². The molecule has 1 heterocycles. The molecule has 0 atom stereocenters. The van der Waals surface area contributed by atoms with Crippen LogP contribution >= 0.6 is 0 Å². The fourth-order valence-corrected chi connectivity index (χ4v) is 1.18. The number of urea groups is 1. The Morgan fingerprint density at radius 2 is 2.09 bits per heavy atom. The summed E-state index contributed by atoms with van der Waals surface area (Å²) >= 11 is 0. The Morgan fingerprint density at radius 1 is 1.36 bits per heavy atom. The molecule has 0 fully saturated rings. The first kappa shape index (κ1) is 6.37. The molecule has 1 N–H and O–H groups in total. The van der Waals surface area contributed by atoms with Crippen LogP contribution in [-0.2, 0) is 0 Å². The third kappa shape index (κ3) is 0.816. The lowest BCUT2D eigenvalue weighted by molar-refractivity contribution is 0.249. The summed E-state index contributed by atoms with van der Waals surface area (Å²) in [5.74, 6) is 0. The number of amides is 2. The van der Waals surface area contributed by atoms with Gasteiger partial charge in [-0.05, 0) is 11.0 Å². The van der Waals surface area contributed by atoms with E-state index in [9.17, 15) is 4.79 Å². The topological polar surface area (TPSA) is 35.0 Å². The summed E-state index contributed by atoms with van der Waals surface area (Å²) in [6.45, 7) is 0. The monoisotopic (exact) mass is 148 g/mol. The number of hydrogen-bond acceptors (Lipinski definition) is 1. The molecule has 11 heavy (non-hydrogen) atoms. The van der Waals surface area contributed by atoms with E-state index in [1.54, 1.807) is 11.9 Å². The average molecular weight is 148 g/mol. The molecule has 0 bridgehead atoms. The highest BCUT2D eigenvalue weighted by atomic mass is 16.2. The van der Waals surface area contributed by atoms with Crippen LogP contribution in [0.15, 0.2) is 24.3 Å². The number of fused-ring (bicyclic) bond motifs is 1. The van der Waals surface area contributed by atoms with Crippen molar-refractivity contribution in [2.24, 2.45) is 0 Å². The van der Waals surface area contributed by atoms with Crippen molar-refractivity contribution in [3.63, 3.8) is 0 Å². The van der Waals surface area contributed by atoms with E-state index in [4.69, 9.17) is 0 Å². The predicted molar refractivity (Wildman–Crippen MR) is 43.2 cm³/mol. The zero-order chi connectivity index (χ0) is 7.84. The summed E-state index contributed by atoms with van der Waals surface area (Å²) in [6.07, 6.45) is 0. The third-order valence-electron chi connectivity index (χ3n) is 1.81. The van der Waals surface area contributed by atoms with E-state index in [-0.39, 0.29) is 6.03 Å². The van der Waals surface area contributed by atoms with Crippen LogP contribution < -0.4 is 10.2 Å². The second-order valence-electron chi connectivity index (χ2n) is 2.51. The lowest BCUT2D eigenvalue weighted by Gasteiger charge is -1.90. The number of carbonyl (C=O) groups is 1. The second-order valence-corrected chi connectivity index (χ2v) is 2.51. The van der Waals surface area contributed by atoms with Crippen LogP contribution in [0.1, 0.15) is 0 Å². The number of carbonyl (C=O) groups excluding carboxylic acids is 1. The van der Waals surface area contributed by atoms with E-state index in [1.807, 2.05) is 24.3 Å². The molecule has 0 saturated carbocycles. The van der Waals surface area contributed by atoms with Crippen molar-refractivity contribution in [2.45, 2.75) is 0 Å². The van der Waals surface area contributed by atoms with Gasteiger partial charge in [0, 0.05) is 6.07 Å². The Morgan fingerprint density at radius 3 is 2.82 bits per heavy atom. The molecule has 0 spiro atoms. The molecule has 3 nitrogen and oxygen atoms in total. The van der Waals surface area contributed by atoms with Gasteiger partial charge in [-0.3, -0.25) is 5.32 Å². The molecular weight excluding hydrogens is 140 g/mol. The first-order valence-corrected chi connectivity index (χ1v) is 3.43. The first-order valence-electron chi connectivity index (χ1n) is 3.43. The minimum Gasteiger partial charge on any atom is -0.265 e. The summed E-state index contributed by atoms with van der Waals surface area (Å²) in [5.41, 5.74) is 1.83. The number of hydrogen-bond donors (Lipinski definition) is 1. The molecule has 1 aromatic rings. The van der Waals surface area contributed by atoms with E-state index in [1.165, 1.54) is 0 Å². The smallest absolute Gasteiger partial charge is 0.265 e. The second kappa shape index (κ2) is 2.07. The lowest BCUT2D eigenvalue weighted by Crippen LogP contribution is -2.24. The Bertz CT molecular complexity index is 309. The highest BCUT2D eigenvalue weighted by Gasteiger charge is 2.34. The maximum absolute atomic E-state index is 11.0. The van der Waals surface area contributed by atoms with Crippen LogP contribution in [0.5, 0.6) is 0 Å². The van der Waals surface area contributed by atoms with Gasteiger partial charge in [-0.15, -0.1) is 0 Å². The van der Waals surface area contributed by atoms with Gasteiger partial charge in [-0.25, -0.2) is 4.79 Å². The van der Waals surface area contributed by atoms with Crippen molar-refractivity contribution in [3.05, 3.63) is 24.3 Å². The Balaban J connectivity index is 2.55. The van der Waals surface area contributed by atoms with Crippen LogP contribution in [0.2, 0.25) is 0 Å². The van der Waals surface area contributed by atoms with Gasteiger partial charge in [0.1, 0.15) is 12.7 Å². The summed E-state index contributed by atoms with van der Waals surface area (Å²) in [6, 6.07) is 7.55. The molecule has 1 aliphatic heterocycles. The standard InChI is InChI=1S/C8H8N2O/c1-10-7-5-3-2-4-6(7)9-8(10)11/h2-5H,1H3,(H,9,11)/q+1. The summed E-state index contributed by atoms with van der Waals surface area (Å²) in [7, 11) is 1.75. The normalized spacial score (nSPS) is 16.3. The molecule has 1 aliphatic rings. The number of nitrogens with one attached hydrogen (secondary N) is 1. The highest BCUT2D eigenvalue weighted by molar-refractivity contribution is 6.04. The first-order chi connectivity index (χ1) is 5.29. The molecule has 0 aliphatic carbocycles. The number of benzene rings is 1. The SMILES string of the molecule is C[N+]1C(=O)Nc2ccccc21. The average Bonchev–Trinajstić information content (AvgIpc) is 2.30. The Kier molecular flexibility index (Phi) is 1.20. The fraction of sp³-hybridized carbons (Fsp3) is 0.125. The molecule has 1 radical (unpaired) electrons. The Labute approximate surface area is 64.6 Å². The van der Waals surface area contributed by atoms with E-state index < -0.39 is 0 Å². The predicted octanol–water partition coefficient (Wildman–Crippen LogP) is 1.63. The largest absolute Gasteiger partial charge is 0.474 e. The molecule has 2 amide bonds. The maximum Gasteiger partial charge on any atom is 0.474 e. The fourth-order valence-electron chi connectivity index (χ4n) is 1.18. The van der Waals surface area contributed by atoms with Crippen LogP contribution in [0.25, 0.3) is 0 Å². The van der Waals surface area contributed by atoms with Crippen molar-refractivity contribution in [3.8, 4) is 0 Å². The molecule has 55 valence electrons. The lowest BCUT2D eigenvalue weighted by atomic mass is 10.3. The quantitative estimate of drug-likeness (QED) is 0.557. The third-order valence-corrected chi connectivity index (χ3v) is 1.81. The molecular formula is C8H8N2O+. The van der Waals surface area contributed by atoms with E-state index >= 15 is 0 Å². The van der Waals surface area contributed by atoms with Gasteiger partial charge < -0.3 is 0 Å². The zero-order valence-electron chi connectivity index (χ0n) is 6.16. The molecule has 0 aromatic heterocycles. The summed E-state index contributed by atoms with van der Waals surface area (Å²) < 4.78 is 0. The van der Waals surface area contributed by atoms with Crippen molar-refractivity contribution in [2.75, 3.05) is 12.4 Å². The van der Waals surface area contributed by atoms with Gasteiger partial charge in [-0.1, -0.05) is 12.1 Å². The molecule has 0 saturated heterocycles. The molecule has 0 unspecified atom stereocenters. The minimum absolute atomic E-state index is 0.0637. The van der Waals surface area contributed by atoms with E-state index in [0.717, 1.165) is 11.4 Å². The van der Waals surface area contributed by atoms with Gasteiger partial charge in [0.25, 0.3) is 0 Å². The Hall–Kier alpha value is -1.35. The van der Waals surface area contributed by atoms with Gasteiger partial charge in [-0.2, -0.15) is 0 Å². The summed E-state index contributed by atoms with van der Waals surface area (Å²) in [4.78, 5) is 12.6. The van der Waals surface area contributed by atoms with Crippen LogP contribution in [0.3, 0.4) is 0 Å². The van der Waals surface area contributed by atoms with Crippen molar-refractivity contribution in [1.82, 2.24) is 4.90 Å². The number of rotatable bonds is 0. The van der Waals surface area contributed by atoms with Crippen molar-refractivity contribution < 1.29 is 4.79 Å². The van der Waals surface area contributed by atoms with Gasteiger partial charge in [0.2, 0.25) is 5.69 Å². The zero-order valence-corrected chi connectivity index (χ0v) is 6.16. The van der Waals surface area contributed by atoms with Gasteiger partial charge >= 0.3 is 6.03 Å². The number of para-hydroxylation sites is 2. The van der Waals surface area contributed by atoms with Crippen molar-refractivity contribution in [1.29, 1.82) is 0 Å². The minimum atomic E-state index is -0.0637. The highest BCUT2D eigenvalue weighted by Crippen LogP contribution is 2.29. The molecule has 1 aromatic carbocycles.